The van der Waals surface area contributed by atoms with Crippen molar-refractivity contribution in [1.82, 2.24) is 9.88 Å². The largest absolute Gasteiger partial charge is 0.342 e. The van der Waals surface area contributed by atoms with Gasteiger partial charge in [-0.15, -0.1) is 11.8 Å². The fourth-order valence-electron chi connectivity index (χ4n) is 3.19. The van der Waals surface area contributed by atoms with Crippen molar-refractivity contribution in [2.24, 2.45) is 5.92 Å². The van der Waals surface area contributed by atoms with E-state index in [9.17, 15) is 19.7 Å². The third-order valence-corrected chi connectivity index (χ3v) is 5.90. The molecule has 9 heteroatoms. The van der Waals surface area contributed by atoms with Gasteiger partial charge in [-0.05, 0) is 44.0 Å². The molecule has 1 saturated heterocycles. The number of non-ortho nitro benzene ring substituents is 1. The van der Waals surface area contributed by atoms with Gasteiger partial charge in [-0.25, -0.2) is 4.98 Å². The molecule has 1 N–H and O–H groups in total. The molecule has 1 aromatic heterocycles. The molecule has 1 unspecified atom stereocenters. The monoisotopic (exact) mass is 414 g/mol. The average Bonchev–Trinajstić information content (AvgIpc) is 2.74. The first-order valence-corrected chi connectivity index (χ1v) is 10.2. The van der Waals surface area contributed by atoms with Gasteiger partial charge in [0.25, 0.3) is 5.69 Å². The lowest BCUT2D eigenvalue weighted by atomic mass is 9.95. The number of aromatic nitrogens is 1. The Morgan fingerprint density at radius 1 is 1.21 bits per heavy atom. The van der Waals surface area contributed by atoms with Gasteiger partial charge in [0.2, 0.25) is 11.8 Å². The summed E-state index contributed by atoms with van der Waals surface area (Å²) < 4.78 is 0. The molecule has 1 aromatic carbocycles. The van der Waals surface area contributed by atoms with E-state index >= 15 is 0 Å². The number of nitrogens with one attached hydrogen (secondary N) is 1. The Hall–Kier alpha value is -2.94. The van der Waals surface area contributed by atoms with E-state index in [4.69, 9.17) is 0 Å². The summed E-state index contributed by atoms with van der Waals surface area (Å²) in [6.45, 7) is 2.89. The summed E-state index contributed by atoms with van der Waals surface area (Å²) >= 11 is 1.37. The SMILES string of the molecule is CC(Sc1ccc([N+](=O)[O-])cc1)C(=O)N1CCC(C(=O)Nc2ccccn2)CC1. The number of benzene rings is 1. The van der Waals surface area contributed by atoms with Crippen molar-refractivity contribution in [3.63, 3.8) is 0 Å². The Morgan fingerprint density at radius 2 is 1.90 bits per heavy atom. The van der Waals surface area contributed by atoms with Gasteiger partial charge >= 0.3 is 0 Å². The van der Waals surface area contributed by atoms with Crippen molar-refractivity contribution < 1.29 is 14.5 Å². The molecule has 1 fully saturated rings. The minimum absolute atomic E-state index is 0.0111. The lowest BCUT2D eigenvalue weighted by molar-refractivity contribution is -0.384. The van der Waals surface area contributed by atoms with Gasteiger partial charge in [0.05, 0.1) is 10.2 Å². The van der Waals surface area contributed by atoms with E-state index in [1.54, 1.807) is 35.4 Å². The number of thioether (sulfide) groups is 1. The van der Waals surface area contributed by atoms with Crippen LogP contribution in [0.25, 0.3) is 0 Å². The maximum Gasteiger partial charge on any atom is 0.269 e. The summed E-state index contributed by atoms with van der Waals surface area (Å²) in [4.78, 5) is 42.1. The van der Waals surface area contributed by atoms with Gasteiger partial charge in [-0.1, -0.05) is 6.07 Å². The van der Waals surface area contributed by atoms with E-state index in [1.165, 1.54) is 23.9 Å². The van der Waals surface area contributed by atoms with Crippen LogP contribution in [-0.4, -0.2) is 45.0 Å². The van der Waals surface area contributed by atoms with Crippen molar-refractivity contribution in [2.75, 3.05) is 18.4 Å². The van der Waals surface area contributed by atoms with E-state index in [1.807, 2.05) is 13.0 Å². The number of nitro benzene ring substituents is 1. The Labute approximate surface area is 172 Å². The average molecular weight is 414 g/mol. The molecule has 2 aromatic rings. The first-order chi connectivity index (χ1) is 13.9. The highest BCUT2D eigenvalue weighted by atomic mass is 32.2. The van der Waals surface area contributed by atoms with Gasteiger partial charge in [0.1, 0.15) is 5.82 Å². The number of nitrogens with zero attached hydrogens (tertiary/aromatic N) is 3. The molecule has 1 aliphatic rings. The first kappa shape index (κ1) is 20.8. The minimum atomic E-state index is -0.447. The number of pyridine rings is 1. The molecule has 1 atom stereocenters. The number of carbonyl (C=O) groups excluding carboxylic acids is 2. The molecule has 0 aliphatic carbocycles. The van der Waals surface area contributed by atoms with Crippen LogP contribution in [0.15, 0.2) is 53.6 Å². The van der Waals surface area contributed by atoms with Crippen LogP contribution >= 0.6 is 11.8 Å². The zero-order valence-electron chi connectivity index (χ0n) is 16.0. The van der Waals surface area contributed by atoms with Crippen LogP contribution in [0.4, 0.5) is 11.5 Å². The third-order valence-electron chi connectivity index (χ3n) is 4.80. The van der Waals surface area contributed by atoms with E-state index in [0.717, 1.165) is 4.90 Å². The standard InChI is InChI=1S/C20H22N4O4S/c1-14(29-17-7-5-16(6-8-17)24(27)28)20(26)23-12-9-15(10-13-23)19(25)22-18-4-2-3-11-21-18/h2-8,11,14-15H,9-10,12-13H2,1H3,(H,21,22,25). The van der Waals surface area contributed by atoms with Crippen LogP contribution in [0.1, 0.15) is 19.8 Å². The van der Waals surface area contributed by atoms with Crippen LogP contribution in [0.2, 0.25) is 0 Å². The molecule has 1 aliphatic heterocycles. The van der Waals surface area contributed by atoms with Crippen LogP contribution in [0.3, 0.4) is 0 Å². The highest BCUT2D eigenvalue weighted by Crippen LogP contribution is 2.28. The van der Waals surface area contributed by atoms with Crippen molar-refractivity contribution in [2.45, 2.75) is 29.9 Å². The second-order valence-corrected chi connectivity index (χ2v) is 8.23. The molecule has 2 heterocycles. The highest BCUT2D eigenvalue weighted by molar-refractivity contribution is 8.00. The van der Waals surface area contributed by atoms with Gasteiger partial charge in [-0.2, -0.15) is 0 Å². The molecule has 3 rings (SSSR count). The summed E-state index contributed by atoms with van der Waals surface area (Å²) in [5.41, 5.74) is 0.0272. The predicted molar refractivity (Wildman–Crippen MR) is 111 cm³/mol. The zero-order valence-corrected chi connectivity index (χ0v) is 16.8. The summed E-state index contributed by atoms with van der Waals surface area (Å²) in [6.07, 6.45) is 2.85. The molecule has 0 spiro atoms. The number of anilines is 1. The Morgan fingerprint density at radius 3 is 2.48 bits per heavy atom. The Balaban J connectivity index is 1.48. The van der Waals surface area contributed by atoms with E-state index in [0.29, 0.717) is 31.7 Å². The topological polar surface area (TPSA) is 105 Å². The second-order valence-electron chi connectivity index (χ2n) is 6.81. The predicted octanol–water partition coefficient (Wildman–Crippen LogP) is 3.35. The number of likely N-dealkylation sites (tertiary alicyclic amines) is 1. The lowest BCUT2D eigenvalue weighted by Crippen LogP contribution is -2.44. The number of hydrogen-bond donors (Lipinski definition) is 1. The first-order valence-electron chi connectivity index (χ1n) is 9.36. The second kappa shape index (κ2) is 9.51. The van der Waals surface area contributed by atoms with Crippen molar-refractivity contribution in [3.05, 3.63) is 58.8 Å². The normalized spacial score (nSPS) is 15.6. The molecule has 2 amide bonds. The Kier molecular flexibility index (Phi) is 6.82. The fraction of sp³-hybridized carbons (Fsp3) is 0.350. The number of amides is 2. The van der Waals surface area contributed by atoms with E-state index in [-0.39, 0.29) is 28.7 Å². The van der Waals surface area contributed by atoms with Crippen molar-refractivity contribution >= 4 is 35.1 Å². The summed E-state index contributed by atoms with van der Waals surface area (Å²) in [5, 5.41) is 13.2. The number of piperidine rings is 1. The lowest BCUT2D eigenvalue weighted by Gasteiger charge is -2.32. The van der Waals surface area contributed by atoms with Gasteiger partial charge < -0.3 is 10.2 Å². The molecule has 0 saturated carbocycles. The molecule has 29 heavy (non-hydrogen) atoms. The summed E-state index contributed by atoms with van der Waals surface area (Å²) in [6, 6.07) is 11.5. The third kappa shape index (κ3) is 5.54. The number of nitro groups is 1. The van der Waals surface area contributed by atoms with Gasteiger partial charge in [0.15, 0.2) is 0 Å². The molecular weight excluding hydrogens is 392 g/mol. The van der Waals surface area contributed by atoms with Crippen LogP contribution in [0, 0.1) is 16.0 Å². The smallest absolute Gasteiger partial charge is 0.269 e. The Bertz CT molecular complexity index is 868. The van der Waals surface area contributed by atoms with Gasteiger partial charge in [0, 0.05) is 42.2 Å². The number of rotatable bonds is 6. The van der Waals surface area contributed by atoms with Crippen LogP contribution < -0.4 is 5.32 Å². The summed E-state index contributed by atoms with van der Waals surface area (Å²) in [5.74, 6) is 0.337. The minimum Gasteiger partial charge on any atom is -0.342 e. The van der Waals surface area contributed by atoms with E-state index in [2.05, 4.69) is 10.3 Å². The number of hydrogen-bond acceptors (Lipinski definition) is 6. The molecule has 0 radical (unpaired) electrons. The van der Waals surface area contributed by atoms with Crippen molar-refractivity contribution in [1.29, 1.82) is 0 Å². The fourth-order valence-corrected chi connectivity index (χ4v) is 4.14. The molecule has 8 nitrogen and oxygen atoms in total. The van der Waals surface area contributed by atoms with Crippen LogP contribution in [0.5, 0.6) is 0 Å². The quantitative estimate of drug-likeness (QED) is 0.441. The maximum atomic E-state index is 12.7. The molecule has 152 valence electrons. The van der Waals surface area contributed by atoms with Crippen molar-refractivity contribution in [3.8, 4) is 0 Å². The highest BCUT2D eigenvalue weighted by Gasteiger charge is 2.29. The maximum absolute atomic E-state index is 12.7. The summed E-state index contributed by atoms with van der Waals surface area (Å²) in [7, 11) is 0. The molecular formula is C20H22N4O4S. The van der Waals surface area contributed by atoms with Gasteiger partial charge in [-0.3, -0.25) is 19.7 Å². The number of carbonyl (C=O) groups is 2. The molecule has 0 bridgehead atoms. The van der Waals surface area contributed by atoms with E-state index < -0.39 is 4.92 Å². The van der Waals surface area contributed by atoms with Crippen LogP contribution in [-0.2, 0) is 9.59 Å². The zero-order chi connectivity index (χ0) is 20.8.